The van der Waals surface area contributed by atoms with Crippen molar-refractivity contribution in [1.29, 1.82) is 0 Å². The molecule has 34 heavy (non-hydrogen) atoms. The van der Waals surface area contributed by atoms with Crippen molar-refractivity contribution in [2.45, 2.75) is 57.3 Å². The molecule has 3 fully saturated rings. The van der Waals surface area contributed by atoms with Gasteiger partial charge in [-0.2, -0.15) is 0 Å². The van der Waals surface area contributed by atoms with Gasteiger partial charge in [0.1, 0.15) is 0 Å². The van der Waals surface area contributed by atoms with Crippen molar-refractivity contribution in [3.63, 3.8) is 0 Å². The Balaban J connectivity index is 1.53. The standard InChI is InChI=1S/C24H30INO8/c1-12-8-14-20(23(31)26(22(14)30)7-5-3-4-6-19(27)28)15-11-17(34-24(12,15)32)13-9-16(25)21(29)18(10-13)33-2/h9-10,12,14-15,17,20,29,32H,3-8,11H2,1-2H3,(H,27,28)/t12-,14-,15-,17-,20-,24+/m0/s1. The van der Waals surface area contributed by atoms with Gasteiger partial charge in [-0.1, -0.05) is 13.3 Å². The topological polar surface area (TPSA) is 134 Å². The number of hydrogen-bond acceptors (Lipinski definition) is 7. The molecule has 2 heterocycles. The van der Waals surface area contributed by atoms with E-state index in [1.54, 1.807) is 12.1 Å². The number of aromatic hydroxyl groups is 1. The number of hydrogen-bond donors (Lipinski definition) is 3. The van der Waals surface area contributed by atoms with E-state index in [-0.39, 0.29) is 36.4 Å². The summed E-state index contributed by atoms with van der Waals surface area (Å²) in [5.41, 5.74) is 0.734. The Labute approximate surface area is 211 Å². The Morgan fingerprint density at radius 1 is 1.24 bits per heavy atom. The minimum atomic E-state index is -1.53. The summed E-state index contributed by atoms with van der Waals surface area (Å²) < 4.78 is 12.0. The van der Waals surface area contributed by atoms with Crippen molar-refractivity contribution in [2.24, 2.45) is 23.7 Å². The van der Waals surface area contributed by atoms with Crippen LogP contribution < -0.4 is 4.74 Å². The average molecular weight is 587 g/mol. The second-order valence-electron chi connectivity index (χ2n) is 9.56. The molecule has 9 nitrogen and oxygen atoms in total. The van der Waals surface area contributed by atoms with Crippen LogP contribution in [0.5, 0.6) is 11.5 Å². The molecule has 2 amide bonds. The highest BCUT2D eigenvalue weighted by molar-refractivity contribution is 14.1. The summed E-state index contributed by atoms with van der Waals surface area (Å²) in [5, 5.41) is 30.5. The number of carbonyl (C=O) groups excluding carboxylic acids is 2. The number of carboxylic acid groups (broad SMARTS) is 1. The van der Waals surface area contributed by atoms with Gasteiger partial charge in [-0.05, 0) is 66.0 Å². The SMILES string of the molecule is COc1cc([C@@H]2C[C@H]3[C@H]4C(=O)N(CCCCCC(=O)O)C(=O)[C@H]4C[C@H](C)[C@@]3(O)O2)cc(I)c1O. The normalized spacial score (nSPS) is 32.6. The molecule has 1 aliphatic carbocycles. The summed E-state index contributed by atoms with van der Waals surface area (Å²) in [4.78, 5) is 38.5. The first-order chi connectivity index (χ1) is 16.1. The number of phenolic OH excluding ortho intramolecular Hbond substituents is 1. The predicted molar refractivity (Wildman–Crippen MR) is 128 cm³/mol. The molecule has 2 aliphatic heterocycles. The third-order valence-electron chi connectivity index (χ3n) is 7.56. The van der Waals surface area contributed by atoms with Gasteiger partial charge < -0.3 is 24.8 Å². The van der Waals surface area contributed by atoms with Gasteiger partial charge in [-0.15, -0.1) is 0 Å². The summed E-state index contributed by atoms with van der Waals surface area (Å²) >= 11 is 2.00. The van der Waals surface area contributed by atoms with Crippen LogP contribution in [0, 0.1) is 27.2 Å². The first-order valence-corrected chi connectivity index (χ1v) is 12.7. The van der Waals surface area contributed by atoms with Gasteiger partial charge in [0.15, 0.2) is 17.3 Å². The molecule has 4 rings (SSSR count). The number of imide groups is 1. The van der Waals surface area contributed by atoms with Crippen LogP contribution in [-0.2, 0) is 19.1 Å². The van der Waals surface area contributed by atoms with Crippen LogP contribution in [0.25, 0.3) is 0 Å². The van der Waals surface area contributed by atoms with Crippen molar-refractivity contribution in [3.05, 3.63) is 21.3 Å². The second kappa shape index (κ2) is 9.62. The van der Waals surface area contributed by atoms with E-state index < -0.39 is 35.6 Å². The Morgan fingerprint density at radius 2 is 1.97 bits per heavy atom. The fourth-order valence-corrected chi connectivity index (χ4v) is 6.42. The van der Waals surface area contributed by atoms with Gasteiger partial charge in [0.2, 0.25) is 11.8 Å². The van der Waals surface area contributed by atoms with E-state index in [9.17, 15) is 24.6 Å². The number of phenols is 1. The second-order valence-corrected chi connectivity index (χ2v) is 10.7. The van der Waals surface area contributed by atoms with Crippen LogP contribution in [0.3, 0.4) is 0 Å². The highest BCUT2D eigenvalue weighted by Crippen LogP contribution is 2.58. The number of methoxy groups -OCH3 is 1. The van der Waals surface area contributed by atoms with Gasteiger partial charge >= 0.3 is 5.97 Å². The molecule has 0 aromatic heterocycles. The smallest absolute Gasteiger partial charge is 0.303 e. The maximum Gasteiger partial charge on any atom is 0.303 e. The number of carboxylic acids is 1. The molecule has 0 spiro atoms. The third-order valence-corrected chi connectivity index (χ3v) is 8.38. The quantitative estimate of drug-likeness (QED) is 0.240. The zero-order valence-corrected chi connectivity index (χ0v) is 21.4. The molecular weight excluding hydrogens is 557 g/mol. The predicted octanol–water partition coefficient (Wildman–Crippen LogP) is 3.06. The summed E-state index contributed by atoms with van der Waals surface area (Å²) in [6, 6.07) is 3.45. The molecule has 1 aromatic carbocycles. The number of nitrogens with zero attached hydrogens (tertiary/aromatic N) is 1. The van der Waals surface area contributed by atoms with E-state index in [0.29, 0.717) is 41.4 Å². The molecule has 10 heteroatoms. The van der Waals surface area contributed by atoms with E-state index in [2.05, 4.69) is 0 Å². The lowest BCUT2D eigenvalue weighted by Gasteiger charge is -2.43. The van der Waals surface area contributed by atoms with Gasteiger partial charge in [0, 0.05) is 24.8 Å². The van der Waals surface area contributed by atoms with Crippen molar-refractivity contribution in [3.8, 4) is 11.5 Å². The number of fused-ring (bicyclic) bond motifs is 3. The highest BCUT2D eigenvalue weighted by Gasteiger charge is 2.65. The number of amides is 2. The lowest BCUT2D eigenvalue weighted by molar-refractivity contribution is -0.265. The van der Waals surface area contributed by atoms with Crippen LogP contribution in [0.1, 0.15) is 57.1 Å². The van der Waals surface area contributed by atoms with Crippen LogP contribution in [0.2, 0.25) is 0 Å². The lowest BCUT2D eigenvalue weighted by atomic mass is 9.65. The minimum absolute atomic E-state index is 0.0324. The molecule has 186 valence electrons. The molecule has 6 atom stereocenters. The van der Waals surface area contributed by atoms with E-state index >= 15 is 0 Å². The number of carbonyl (C=O) groups is 3. The fourth-order valence-electron chi connectivity index (χ4n) is 5.80. The van der Waals surface area contributed by atoms with Crippen molar-refractivity contribution < 1.29 is 39.2 Å². The molecule has 0 unspecified atom stereocenters. The number of likely N-dealkylation sites (tertiary alicyclic amines) is 1. The van der Waals surface area contributed by atoms with Gasteiger partial charge in [0.05, 0.1) is 28.6 Å². The number of rotatable bonds is 8. The van der Waals surface area contributed by atoms with Crippen LogP contribution in [0.15, 0.2) is 12.1 Å². The molecule has 3 N–H and O–H groups in total. The van der Waals surface area contributed by atoms with Gasteiger partial charge in [-0.3, -0.25) is 19.3 Å². The molecule has 1 aromatic rings. The highest BCUT2D eigenvalue weighted by atomic mass is 127. The Morgan fingerprint density at radius 3 is 2.65 bits per heavy atom. The van der Waals surface area contributed by atoms with Crippen LogP contribution in [-0.4, -0.2) is 57.4 Å². The van der Waals surface area contributed by atoms with E-state index in [1.807, 2.05) is 29.5 Å². The van der Waals surface area contributed by atoms with Crippen molar-refractivity contribution in [1.82, 2.24) is 4.90 Å². The zero-order valence-electron chi connectivity index (χ0n) is 19.2. The van der Waals surface area contributed by atoms with E-state index in [0.717, 1.165) is 5.56 Å². The lowest BCUT2D eigenvalue weighted by Crippen LogP contribution is -2.52. The zero-order chi connectivity index (χ0) is 24.8. The number of aliphatic hydroxyl groups is 1. The number of unbranched alkanes of at least 4 members (excludes halogenated alkanes) is 2. The van der Waals surface area contributed by atoms with Crippen molar-refractivity contribution in [2.75, 3.05) is 13.7 Å². The Bertz CT molecular complexity index is 999. The summed E-state index contributed by atoms with van der Waals surface area (Å²) in [6.45, 7) is 2.11. The van der Waals surface area contributed by atoms with Crippen LogP contribution >= 0.6 is 22.6 Å². The van der Waals surface area contributed by atoms with E-state index in [4.69, 9.17) is 14.6 Å². The molecule has 0 bridgehead atoms. The maximum absolute atomic E-state index is 13.3. The van der Waals surface area contributed by atoms with Gasteiger partial charge in [-0.25, -0.2) is 0 Å². The Kier molecular flexibility index (Phi) is 7.12. The Hall–Kier alpha value is -1.92. The average Bonchev–Trinajstić information content (AvgIpc) is 3.25. The maximum atomic E-state index is 13.3. The first kappa shape index (κ1) is 25.2. The summed E-state index contributed by atoms with van der Waals surface area (Å²) in [6.07, 6.45) is 1.97. The molecule has 2 saturated heterocycles. The van der Waals surface area contributed by atoms with Gasteiger partial charge in [0.25, 0.3) is 0 Å². The third kappa shape index (κ3) is 4.28. The monoisotopic (exact) mass is 587 g/mol. The molecule has 0 radical (unpaired) electrons. The number of benzene rings is 1. The first-order valence-electron chi connectivity index (χ1n) is 11.6. The van der Waals surface area contributed by atoms with Crippen LogP contribution in [0.4, 0.5) is 0 Å². The number of aliphatic carboxylic acids is 1. The largest absolute Gasteiger partial charge is 0.504 e. The summed E-state index contributed by atoms with van der Waals surface area (Å²) in [5.74, 6) is -4.52. The van der Waals surface area contributed by atoms with Crippen molar-refractivity contribution >= 4 is 40.4 Å². The number of ether oxygens (including phenoxy) is 2. The molecule has 1 saturated carbocycles. The molecule has 3 aliphatic rings. The molecular formula is C24H30INO8. The van der Waals surface area contributed by atoms with E-state index in [1.165, 1.54) is 12.0 Å². The summed E-state index contributed by atoms with van der Waals surface area (Å²) in [7, 11) is 1.46. The minimum Gasteiger partial charge on any atom is -0.504 e. The fraction of sp³-hybridized carbons (Fsp3) is 0.625. The number of halogens is 1.